The van der Waals surface area contributed by atoms with Crippen LogP contribution in [0.3, 0.4) is 0 Å². The molecular formula is C18H12N4NiO2. The van der Waals surface area contributed by atoms with E-state index < -0.39 is 0 Å². The second-order valence-corrected chi connectivity index (χ2v) is 4.55. The maximum Gasteiger partial charge on any atom is 0.176 e. The smallest absolute Gasteiger partial charge is 0.176 e. The Morgan fingerprint density at radius 3 is 1.44 bits per heavy atom. The first-order valence-electron chi connectivity index (χ1n) is 6.84. The van der Waals surface area contributed by atoms with Crippen LogP contribution in [-0.4, -0.2) is 22.6 Å². The van der Waals surface area contributed by atoms with Gasteiger partial charge in [0.2, 0.25) is 0 Å². The van der Waals surface area contributed by atoms with Crippen LogP contribution in [0.5, 0.6) is 11.5 Å². The van der Waals surface area contributed by atoms with Crippen LogP contribution in [0, 0.1) is 22.7 Å². The van der Waals surface area contributed by atoms with Crippen LogP contribution in [0.2, 0.25) is 0 Å². The van der Waals surface area contributed by atoms with Gasteiger partial charge in [0.15, 0.2) is 11.4 Å². The van der Waals surface area contributed by atoms with E-state index in [1.807, 2.05) is 0 Å². The molecule has 0 spiro atoms. The summed E-state index contributed by atoms with van der Waals surface area (Å²) in [6.07, 6.45) is 2.56. The van der Waals surface area contributed by atoms with Crippen LogP contribution in [0.1, 0.15) is 11.1 Å². The number of para-hydroxylation sites is 2. The number of phenols is 2. The summed E-state index contributed by atoms with van der Waals surface area (Å²) in [5.74, 6) is 0.0181. The third kappa shape index (κ3) is 5.32. The number of nitrogens with zero attached hydrogens (tertiary/aromatic N) is 4. The van der Waals surface area contributed by atoms with Crippen molar-refractivity contribution in [3.63, 3.8) is 0 Å². The molecule has 6 nitrogen and oxygen atoms in total. The van der Waals surface area contributed by atoms with Gasteiger partial charge in [-0.15, -0.1) is 0 Å². The van der Waals surface area contributed by atoms with Crippen LogP contribution in [0.15, 0.2) is 69.9 Å². The van der Waals surface area contributed by atoms with E-state index in [9.17, 15) is 10.2 Å². The molecule has 2 aromatic carbocycles. The van der Waals surface area contributed by atoms with Gasteiger partial charge < -0.3 is 10.2 Å². The van der Waals surface area contributed by atoms with Crippen molar-refractivity contribution < 1.29 is 26.7 Å². The zero-order valence-electron chi connectivity index (χ0n) is 12.8. The van der Waals surface area contributed by atoms with Crippen molar-refractivity contribution in [1.29, 1.82) is 10.5 Å². The van der Waals surface area contributed by atoms with E-state index in [4.69, 9.17) is 10.5 Å². The summed E-state index contributed by atoms with van der Waals surface area (Å²) in [4.78, 5) is 7.83. The van der Waals surface area contributed by atoms with Gasteiger partial charge in [0.25, 0.3) is 0 Å². The minimum absolute atomic E-state index is 0. The Bertz CT molecular complexity index is 846. The number of hydrogen-bond donors (Lipinski definition) is 2. The molecule has 2 aromatic rings. The van der Waals surface area contributed by atoms with Gasteiger partial charge in [0.1, 0.15) is 23.6 Å². The molecule has 25 heavy (non-hydrogen) atoms. The molecule has 0 aliphatic heterocycles. The van der Waals surface area contributed by atoms with E-state index in [1.165, 1.54) is 24.6 Å². The molecular weight excluding hydrogens is 363 g/mol. The quantitative estimate of drug-likeness (QED) is 0.486. The molecule has 7 heteroatoms. The zero-order valence-corrected chi connectivity index (χ0v) is 13.8. The third-order valence-electron chi connectivity index (χ3n) is 2.98. The molecule has 0 saturated heterocycles. The monoisotopic (exact) mass is 374 g/mol. The number of phenolic OH excluding ortho intramolecular Hbond substituents is 2. The standard InChI is InChI=1S/C18H12N4O2.Ni/c19-9-15(21-11-13-5-1-3-7-17(13)23)16(10-20)22-12-14-6-2-4-8-18(14)24;/h1-8,11-12,23-24H;/b16-15-,21-11?,22-12?;. The minimum Gasteiger partial charge on any atom is -0.507 e. The van der Waals surface area contributed by atoms with Crippen molar-refractivity contribution in [3.05, 3.63) is 71.1 Å². The van der Waals surface area contributed by atoms with Crippen LogP contribution in [0.4, 0.5) is 0 Å². The van der Waals surface area contributed by atoms with Crippen LogP contribution in [0.25, 0.3) is 0 Å². The average molecular weight is 375 g/mol. The second kappa shape index (κ2) is 9.67. The third-order valence-corrected chi connectivity index (χ3v) is 2.98. The number of nitriles is 2. The second-order valence-electron chi connectivity index (χ2n) is 4.55. The van der Waals surface area contributed by atoms with E-state index in [2.05, 4.69) is 9.98 Å². The first-order chi connectivity index (χ1) is 11.7. The van der Waals surface area contributed by atoms with Gasteiger partial charge >= 0.3 is 0 Å². The summed E-state index contributed by atoms with van der Waals surface area (Å²) in [6.45, 7) is 0. The Kier molecular flexibility index (Phi) is 7.60. The van der Waals surface area contributed by atoms with Crippen molar-refractivity contribution >= 4 is 12.4 Å². The molecule has 126 valence electrons. The number of allylic oxidation sites excluding steroid dienone is 2. The van der Waals surface area contributed by atoms with Crippen molar-refractivity contribution in [1.82, 2.24) is 0 Å². The first-order valence-corrected chi connectivity index (χ1v) is 6.84. The zero-order chi connectivity index (χ0) is 17.4. The summed E-state index contributed by atoms with van der Waals surface area (Å²) in [6, 6.07) is 16.5. The molecule has 0 aliphatic rings. The molecule has 0 aromatic heterocycles. The average Bonchev–Trinajstić information content (AvgIpc) is 2.60. The molecule has 0 bridgehead atoms. The van der Waals surface area contributed by atoms with E-state index in [-0.39, 0.29) is 39.4 Å². The van der Waals surface area contributed by atoms with E-state index in [0.717, 1.165) is 0 Å². The van der Waals surface area contributed by atoms with Crippen molar-refractivity contribution in [3.8, 4) is 23.6 Å². The minimum atomic E-state index is -0.201. The van der Waals surface area contributed by atoms with Crippen LogP contribution in [-0.2, 0) is 16.5 Å². The van der Waals surface area contributed by atoms with Crippen LogP contribution >= 0.6 is 0 Å². The molecule has 0 fully saturated rings. The van der Waals surface area contributed by atoms with E-state index in [0.29, 0.717) is 11.1 Å². The van der Waals surface area contributed by atoms with E-state index >= 15 is 0 Å². The number of aliphatic imine (C=N–C) groups is 2. The molecule has 0 unspecified atom stereocenters. The number of aromatic hydroxyl groups is 2. The first kappa shape index (κ1) is 19.6. The van der Waals surface area contributed by atoms with Gasteiger partial charge in [0.05, 0.1) is 0 Å². The molecule has 0 heterocycles. The summed E-state index contributed by atoms with van der Waals surface area (Å²) >= 11 is 0. The fourth-order valence-corrected chi connectivity index (χ4v) is 1.75. The maximum atomic E-state index is 9.66. The van der Waals surface area contributed by atoms with Gasteiger partial charge in [-0.2, -0.15) is 10.5 Å². The Hall–Kier alpha value is -3.41. The summed E-state index contributed by atoms with van der Waals surface area (Å²) in [5, 5.41) is 37.7. The number of benzene rings is 2. The molecule has 0 atom stereocenters. The molecule has 0 radical (unpaired) electrons. The number of rotatable bonds is 4. The van der Waals surface area contributed by atoms with Crippen molar-refractivity contribution in [2.45, 2.75) is 0 Å². The predicted molar refractivity (Wildman–Crippen MR) is 89.7 cm³/mol. The Morgan fingerprint density at radius 2 is 1.12 bits per heavy atom. The van der Waals surface area contributed by atoms with Gasteiger partial charge in [-0.05, 0) is 24.3 Å². The Balaban J connectivity index is 0.00000312. The summed E-state index contributed by atoms with van der Waals surface area (Å²) in [5.41, 5.74) is 0.416. The Labute approximate surface area is 154 Å². The Morgan fingerprint density at radius 1 is 0.760 bits per heavy atom. The predicted octanol–water partition coefficient (Wildman–Crippen LogP) is 2.89. The van der Waals surface area contributed by atoms with Gasteiger partial charge in [-0.1, -0.05) is 24.3 Å². The fraction of sp³-hybridized carbons (Fsp3) is 0. The van der Waals surface area contributed by atoms with Gasteiger partial charge in [0, 0.05) is 40.0 Å². The topological polar surface area (TPSA) is 113 Å². The van der Waals surface area contributed by atoms with Crippen molar-refractivity contribution in [2.24, 2.45) is 9.98 Å². The van der Waals surface area contributed by atoms with Crippen LogP contribution < -0.4 is 0 Å². The molecule has 0 amide bonds. The molecule has 0 saturated carbocycles. The maximum absolute atomic E-state index is 9.66. The normalized spacial score (nSPS) is 11.4. The molecule has 0 aliphatic carbocycles. The van der Waals surface area contributed by atoms with E-state index in [1.54, 1.807) is 48.5 Å². The fourth-order valence-electron chi connectivity index (χ4n) is 1.75. The summed E-state index contributed by atoms with van der Waals surface area (Å²) < 4.78 is 0. The number of hydrogen-bond acceptors (Lipinski definition) is 6. The van der Waals surface area contributed by atoms with Crippen molar-refractivity contribution in [2.75, 3.05) is 0 Å². The van der Waals surface area contributed by atoms with Gasteiger partial charge in [-0.25, -0.2) is 9.98 Å². The SMILES string of the molecule is N#C/C(N=Cc1ccccc1O)=C(\C#N)N=Cc1ccccc1O.[Ni]. The summed E-state index contributed by atoms with van der Waals surface area (Å²) in [7, 11) is 0. The molecule has 2 rings (SSSR count). The molecule has 2 N–H and O–H groups in total. The largest absolute Gasteiger partial charge is 0.507 e. The van der Waals surface area contributed by atoms with Gasteiger partial charge in [-0.3, -0.25) is 0 Å².